The zero-order valence-corrected chi connectivity index (χ0v) is 12.6. The molecule has 1 saturated heterocycles. The first-order valence-electron chi connectivity index (χ1n) is 6.51. The summed E-state index contributed by atoms with van der Waals surface area (Å²) in [7, 11) is 0. The molecule has 1 aromatic carbocycles. The first kappa shape index (κ1) is 12.9. The van der Waals surface area contributed by atoms with Crippen molar-refractivity contribution < 1.29 is 9.59 Å². The minimum Gasteiger partial charge on any atom is -0.344 e. The van der Waals surface area contributed by atoms with Gasteiger partial charge < -0.3 is 10.2 Å². The Morgan fingerprint density at radius 1 is 1.26 bits per heavy atom. The van der Waals surface area contributed by atoms with Crippen molar-refractivity contribution in [1.29, 1.82) is 0 Å². The first-order valence-corrected chi connectivity index (χ1v) is 7.59. The molecule has 2 aliphatic rings. The van der Waals surface area contributed by atoms with Crippen LogP contribution in [0.2, 0.25) is 0 Å². The van der Waals surface area contributed by atoms with Crippen LogP contribution in [0.1, 0.15) is 19.3 Å². The van der Waals surface area contributed by atoms with Gasteiger partial charge in [-0.15, -0.1) is 0 Å². The smallest absolute Gasteiger partial charge is 0.249 e. The van der Waals surface area contributed by atoms with E-state index in [0.717, 1.165) is 22.1 Å². The van der Waals surface area contributed by atoms with Crippen LogP contribution >= 0.6 is 22.6 Å². The normalized spacial score (nSPS) is 24.1. The van der Waals surface area contributed by atoms with Gasteiger partial charge in [0.15, 0.2) is 0 Å². The zero-order valence-electron chi connectivity index (χ0n) is 10.4. The molecule has 5 heteroatoms. The number of hydrogen-bond donors (Lipinski definition) is 1. The number of halogens is 1. The Labute approximate surface area is 125 Å². The Morgan fingerprint density at radius 3 is 2.74 bits per heavy atom. The lowest BCUT2D eigenvalue weighted by molar-refractivity contribution is -0.126. The summed E-state index contributed by atoms with van der Waals surface area (Å²) >= 11 is 2.23. The van der Waals surface area contributed by atoms with Gasteiger partial charge in [0.25, 0.3) is 0 Å². The van der Waals surface area contributed by atoms with Crippen molar-refractivity contribution in [2.24, 2.45) is 5.92 Å². The molecule has 4 nitrogen and oxygen atoms in total. The van der Waals surface area contributed by atoms with Gasteiger partial charge in [-0.1, -0.05) is 6.07 Å². The number of amides is 2. The maximum atomic E-state index is 12.6. The summed E-state index contributed by atoms with van der Waals surface area (Å²) < 4.78 is 1.09. The summed E-state index contributed by atoms with van der Waals surface area (Å²) in [5.41, 5.74) is 0.888. The second kappa shape index (κ2) is 5.11. The van der Waals surface area contributed by atoms with E-state index in [1.54, 1.807) is 4.90 Å². The molecular formula is C14H15IN2O2. The van der Waals surface area contributed by atoms with Crippen molar-refractivity contribution in [2.45, 2.75) is 25.3 Å². The highest BCUT2D eigenvalue weighted by atomic mass is 127. The van der Waals surface area contributed by atoms with Crippen LogP contribution in [0.25, 0.3) is 0 Å². The fourth-order valence-electron chi connectivity index (χ4n) is 2.45. The molecule has 0 bridgehead atoms. The van der Waals surface area contributed by atoms with Crippen molar-refractivity contribution >= 4 is 40.1 Å². The highest BCUT2D eigenvalue weighted by Crippen LogP contribution is 2.35. The van der Waals surface area contributed by atoms with E-state index in [2.05, 4.69) is 27.9 Å². The standard InChI is InChI=1S/C14H15IN2O2/c15-10-2-1-3-11(8-10)17-7-6-12(18)16-13(14(17)19)9-4-5-9/h1-3,8-9,13H,4-7H2,(H,16,18). The molecule has 2 amide bonds. The molecule has 1 aliphatic heterocycles. The molecule has 1 aromatic rings. The highest BCUT2D eigenvalue weighted by Gasteiger charge is 2.41. The Bertz CT molecular complexity index is 528. The lowest BCUT2D eigenvalue weighted by atomic mass is 10.1. The fourth-order valence-corrected chi connectivity index (χ4v) is 2.97. The summed E-state index contributed by atoms with van der Waals surface area (Å²) in [6, 6.07) is 7.52. The average Bonchev–Trinajstić information content (AvgIpc) is 3.19. The minimum atomic E-state index is -0.326. The van der Waals surface area contributed by atoms with Crippen molar-refractivity contribution in [3.8, 4) is 0 Å². The summed E-state index contributed by atoms with van der Waals surface area (Å²) in [5.74, 6) is 0.355. The topological polar surface area (TPSA) is 49.4 Å². The number of nitrogens with one attached hydrogen (secondary N) is 1. The first-order chi connectivity index (χ1) is 9.15. The molecule has 0 aromatic heterocycles. The number of carbonyl (C=O) groups is 2. The van der Waals surface area contributed by atoms with Gasteiger partial charge in [-0.05, 0) is 59.5 Å². The summed E-state index contributed by atoms with van der Waals surface area (Å²) in [5, 5.41) is 2.87. The lowest BCUT2D eigenvalue weighted by Gasteiger charge is -2.24. The van der Waals surface area contributed by atoms with E-state index in [4.69, 9.17) is 0 Å². The van der Waals surface area contributed by atoms with Crippen molar-refractivity contribution in [2.75, 3.05) is 11.4 Å². The molecule has 100 valence electrons. The molecule has 1 N–H and O–H groups in total. The highest BCUT2D eigenvalue weighted by molar-refractivity contribution is 14.1. The number of nitrogens with zero attached hydrogens (tertiary/aromatic N) is 1. The number of carbonyl (C=O) groups excluding carboxylic acids is 2. The molecule has 0 spiro atoms. The largest absolute Gasteiger partial charge is 0.344 e. The van der Waals surface area contributed by atoms with Crippen molar-refractivity contribution in [3.63, 3.8) is 0 Å². The van der Waals surface area contributed by atoms with Gasteiger partial charge >= 0.3 is 0 Å². The summed E-state index contributed by atoms with van der Waals surface area (Å²) in [4.78, 5) is 26.1. The number of benzene rings is 1. The van der Waals surface area contributed by atoms with E-state index in [1.165, 1.54) is 0 Å². The van der Waals surface area contributed by atoms with E-state index in [-0.39, 0.29) is 17.9 Å². The predicted molar refractivity (Wildman–Crippen MR) is 80.8 cm³/mol. The van der Waals surface area contributed by atoms with Gasteiger partial charge in [0.1, 0.15) is 6.04 Å². The van der Waals surface area contributed by atoms with Crippen LogP contribution in [0.5, 0.6) is 0 Å². The maximum Gasteiger partial charge on any atom is 0.249 e. The molecule has 2 fully saturated rings. The minimum absolute atomic E-state index is 0.0154. The third kappa shape index (κ3) is 2.75. The second-order valence-corrected chi connectivity index (χ2v) is 6.35. The van der Waals surface area contributed by atoms with Gasteiger partial charge in [-0.2, -0.15) is 0 Å². The molecule has 1 aliphatic carbocycles. The van der Waals surface area contributed by atoms with Crippen LogP contribution in [0.4, 0.5) is 5.69 Å². The quantitative estimate of drug-likeness (QED) is 0.809. The Balaban J connectivity index is 1.90. The van der Waals surface area contributed by atoms with Crippen molar-refractivity contribution in [1.82, 2.24) is 5.32 Å². The Kier molecular flexibility index (Phi) is 3.47. The average molecular weight is 370 g/mol. The van der Waals surface area contributed by atoms with E-state index in [1.807, 2.05) is 24.3 Å². The number of rotatable bonds is 2. The van der Waals surface area contributed by atoms with Gasteiger partial charge in [-0.3, -0.25) is 9.59 Å². The lowest BCUT2D eigenvalue weighted by Crippen LogP contribution is -2.46. The van der Waals surface area contributed by atoms with Crippen LogP contribution in [-0.2, 0) is 9.59 Å². The number of hydrogen-bond acceptors (Lipinski definition) is 2. The maximum absolute atomic E-state index is 12.6. The summed E-state index contributed by atoms with van der Waals surface area (Å²) in [6.07, 6.45) is 2.45. The zero-order chi connectivity index (χ0) is 13.4. The van der Waals surface area contributed by atoms with Crippen LogP contribution in [0.15, 0.2) is 24.3 Å². The van der Waals surface area contributed by atoms with Crippen molar-refractivity contribution in [3.05, 3.63) is 27.8 Å². The van der Waals surface area contributed by atoms with Crippen LogP contribution < -0.4 is 10.2 Å². The third-order valence-electron chi connectivity index (χ3n) is 3.62. The van der Waals surface area contributed by atoms with E-state index < -0.39 is 0 Å². The van der Waals surface area contributed by atoms with E-state index >= 15 is 0 Å². The fraction of sp³-hybridized carbons (Fsp3) is 0.429. The van der Waals surface area contributed by atoms with Gasteiger partial charge in [0.05, 0.1) is 0 Å². The van der Waals surface area contributed by atoms with Crippen LogP contribution in [0.3, 0.4) is 0 Å². The predicted octanol–water partition coefficient (Wildman–Crippen LogP) is 1.92. The second-order valence-electron chi connectivity index (χ2n) is 5.10. The van der Waals surface area contributed by atoms with Crippen LogP contribution in [-0.4, -0.2) is 24.4 Å². The number of anilines is 1. The van der Waals surface area contributed by atoms with Crippen LogP contribution in [0, 0.1) is 9.49 Å². The molecule has 1 heterocycles. The molecule has 19 heavy (non-hydrogen) atoms. The molecule has 1 saturated carbocycles. The SMILES string of the molecule is O=C1CCN(c2cccc(I)c2)C(=O)C(C2CC2)N1. The third-order valence-corrected chi connectivity index (χ3v) is 4.30. The Morgan fingerprint density at radius 2 is 2.05 bits per heavy atom. The summed E-state index contributed by atoms with van der Waals surface area (Å²) in [6.45, 7) is 0.466. The molecule has 3 rings (SSSR count). The van der Waals surface area contributed by atoms with Gasteiger partial charge in [0.2, 0.25) is 11.8 Å². The van der Waals surface area contributed by atoms with Gasteiger partial charge in [-0.25, -0.2) is 0 Å². The molecule has 1 atom stereocenters. The molecule has 1 unspecified atom stereocenters. The van der Waals surface area contributed by atoms with E-state index in [9.17, 15) is 9.59 Å². The van der Waals surface area contributed by atoms with E-state index in [0.29, 0.717) is 18.9 Å². The van der Waals surface area contributed by atoms with Gasteiger partial charge in [0, 0.05) is 22.2 Å². The molecular weight excluding hydrogens is 355 g/mol. The monoisotopic (exact) mass is 370 g/mol. The molecule has 0 radical (unpaired) electrons. The Hall–Kier alpha value is -1.11.